The summed E-state index contributed by atoms with van der Waals surface area (Å²) in [5, 5.41) is 1.07. The number of nitrogens with one attached hydrogen (secondary N) is 1. The largest absolute Gasteiger partial charge is 0.383 e. The van der Waals surface area contributed by atoms with E-state index in [0.717, 1.165) is 60.4 Å². The van der Waals surface area contributed by atoms with Gasteiger partial charge in [0.25, 0.3) is 0 Å². The lowest BCUT2D eigenvalue weighted by molar-refractivity contribution is 0.165. The first-order valence-corrected chi connectivity index (χ1v) is 14.0. The Bertz CT molecular complexity index is 1250. The molecule has 0 radical (unpaired) electrons. The van der Waals surface area contributed by atoms with Crippen LogP contribution >= 0.6 is 11.3 Å². The lowest BCUT2D eigenvalue weighted by Crippen LogP contribution is -2.40. The minimum absolute atomic E-state index is 0.258. The number of hydrogen-bond acceptors (Lipinski definition) is 7. The Balaban J connectivity index is 1.24. The smallest absolute Gasteiger partial charge is 0.240 e. The monoisotopic (exact) mass is 485 g/mol. The van der Waals surface area contributed by atoms with Crippen molar-refractivity contribution in [2.75, 3.05) is 25.4 Å². The van der Waals surface area contributed by atoms with Crippen LogP contribution in [0.15, 0.2) is 29.2 Å². The van der Waals surface area contributed by atoms with Gasteiger partial charge in [-0.15, -0.1) is 11.3 Å². The molecule has 3 N–H and O–H groups in total. The van der Waals surface area contributed by atoms with Crippen molar-refractivity contribution in [3.63, 3.8) is 0 Å². The van der Waals surface area contributed by atoms with Crippen molar-refractivity contribution in [3.8, 4) is 0 Å². The summed E-state index contributed by atoms with van der Waals surface area (Å²) in [5.74, 6) is 1.63. The Morgan fingerprint density at radius 2 is 1.94 bits per heavy atom. The molecule has 3 heterocycles. The molecule has 0 bridgehead atoms. The van der Waals surface area contributed by atoms with E-state index in [0.29, 0.717) is 23.8 Å². The molecular formula is C24H31N5O2S2. The molecule has 1 aromatic carbocycles. The van der Waals surface area contributed by atoms with Gasteiger partial charge in [0.05, 0.1) is 16.8 Å². The molecule has 1 unspecified atom stereocenters. The zero-order valence-corrected chi connectivity index (χ0v) is 20.6. The maximum atomic E-state index is 12.6. The first-order valence-electron chi connectivity index (χ1n) is 11.7. The predicted molar refractivity (Wildman–Crippen MR) is 133 cm³/mol. The van der Waals surface area contributed by atoms with E-state index in [1.165, 1.54) is 23.3 Å². The average molecular weight is 486 g/mol. The number of nitrogen functional groups attached to an aromatic ring is 1. The van der Waals surface area contributed by atoms with E-state index in [9.17, 15) is 8.42 Å². The van der Waals surface area contributed by atoms with E-state index in [1.54, 1.807) is 23.5 Å². The number of anilines is 1. The van der Waals surface area contributed by atoms with E-state index in [-0.39, 0.29) is 5.92 Å². The Hall–Kier alpha value is -2.07. The Morgan fingerprint density at radius 3 is 2.76 bits per heavy atom. The van der Waals surface area contributed by atoms with Crippen molar-refractivity contribution in [1.29, 1.82) is 0 Å². The lowest BCUT2D eigenvalue weighted by atomic mass is 9.97. The molecule has 0 saturated carbocycles. The topological polar surface area (TPSA) is 101 Å². The molecule has 2 aliphatic rings. The van der Waals surface area contributed by atoms with Crippen LogP contribution in [0, 0.1) is 12.8 Å². The van der Waals surface area contributed by atoms with E-state index in [4.69, 9.17) is 10.7 Å². The second kappa shape index (κ2) is 9.29. The van der Waals surface area contributed by atoms with Crippen molar-refractivity contribution < 1.29 is 8.42 Å². The molecule has 9 heteroatoms. The number of rotatable bonds is 6. The van der Waals surface area contributed by atoms with Crippen LogP contribution in [0.2, 0.25) is 0 Å². The fraction of sp³-hybridized carbons (Fsp3) is 0.500. The number of nitrogens with zero attached hydrogens (tertiary/aromatic N) is 3. The van der Waals surface area contributed by atoms with Gasteiger partial charge in [-0.2, -0.15) is 0 Å². The van der Waals surface area contributed by atoms with Crippen LogP contribution in [0.3, 0.4) is 0 Å². The van der Waals surface area contributed by atoms with Crippen LogP contribution in [0.5, 0.6) is 0 Å². The number of aromatic nitrogens is 2. The fourth-order valence-electron chi connectivity index (χ4n) is 4.99. The van der Waals surface area contributed by atoms with Crippen LogP contribution in [0.4, 0.5) is 5.82 Å². The number of fused-ring (bicyclic) bond motifs is 3. The minimum atomic E-state index is -3.49. The number of benzene rings is 1. The van der Waals surface area contributed by atoms with Crippen molar-refractivity contribution in [1.82, 2.24) is 19.6 Å². The summed E-state index contributed by atoms with van der Waals surface area (Å²) < 4.78 is 28.1. The molecule has 0 spiro atoms. The third kappa shape index (κ3) is 4.91. The molecule has 1 aliphatic heterocycles. The first kappa shape index (κ1) is 22.7. The average Bonchev–Trinajstić information content (AvgIpc) is 3.17. The van der Waals surface area contributed by atoms with Gasteiger partial charge in [0, 0.05) is 18.0 Å². The highest BCUT2D eigenvalue weighted by Crippen LogP contribution is 2.37. The zero-order chi connectivity index (χ0) is 23.0. The third-order valence-corrected chi connectivity index (χ3v) is 9.38. The van der Waals surface area contributed by atoms with Gasteiger partial charge in [0.2, 0.25) is 10.0 Å². The number of likely N-dealkylation sites (tertiary alicyclic amines) is 1. The summed E-state index contributed by atoms with van der Waals surface area (Å²) >= 11 is 1.77. The molecule has 1 atom stereocenters. The summed E-state index contributed by atoms with van der Waals surface area (Å²) in [4.78, 5) is 14.6. The van der Waals surface area contributed by atoms with Gasteiger partial charge < -0.3 is 5.73 Å². The fourth-order valence-corrected chi connectivity index (χ4v) is 7.40. The Morgan fingerprint density at radius 1 is 1.15 bits per heavy atom. The Kier molecular flexibility index (Phi) is 6.39. The van der Waals surface area contributed by atoms with E-state index < -0.39 is 10.0 Å². The number of nitrogens with two attached hydrogens (primary N) is 1. The molecular weight excluding hydrogens is 454 g/mol. The van der Waals surface area contributed by atoms with Gasteiger partial charge in [-0.3, -0.25) is 4.90 Å². The number of thiophene rings is 1. The summed E-state index contributed by atoms with van der Waals surface area (Å²) in [6.07, 6.45) is 6.69. The SMILES string of the molecule is Cc1ccc(S(=O)(=O)NCC2CCCN(Cc3nc(N)c4c5c(sc4n3)CCCC5)C2)cc1. The molecule has 3 aromatic rings. The van der Waals surface area contributed by atoms with Gasteiger partial charge in [-0.1, -0.05) is 17.7 Å². The molecule has 0 amide bonds. The molecule has 1 saturated heterocycles. The lowest BCUT2D eigenvalue weighted by Gasteiger charge is -2.32. The first-order chi connectivity index (χ1) is 15.9. The molecule has 2 aromatic heterocycles. The van der Waals surface area contributed by atoms with E-state index >= 15 is 0 Å². The minimum Gasteiger partial charge on any atom is -0.383 e. The summed E-state index contributed by atoms with van der Waals surface area (Å²) in [6, 6.07) is 6.96. The van der Waals surface area contributed by atoms with Gasteiger partial charge in [0.15, 0.2) is 0 Å². The van der Waals surface area contributed by atoms with Gasteiger partial charge in [-0.05, 0) is 75.6 Å². The zero-order valence-electron chi connectivity index (χ0n) is 19.0. The molecule has 1 aliphatic carbocycles. The highest BCUT2D eigenvalue weighted by atomic mass is 32.2. The van der Waals surface area contributed by atoms with Crippen molar-refractivity contribution >= 4 is 37.4 Å². The molecule has 7 nitrogen and oxygen atoms in total. The van der Waals surface area contributed by atoms with Crippen molar-refractivity contribution in [2.24, 2.45) is 5.92 Å². The normalized spacial score (nSPS) is 19.6. The molecule has 5 rings (SSSR count). The quantitative estimate of drug-likeness (QED) is 0.553. The molecule has 176 valence electrons. The van der Waals surface area contributed by atoms with Crippen molar-refractivity contribution in [3.05, 3.63) is 46.1 Å². The number of hydrogen-bond donors (Lipinski definition) is 2. The van der Waals surface area contributed by atoms with Gasteiger partial charge >= 0.3 is 0 Å². The molecule has 33 heavy (non-hydrogen) atoms. The van der Waals surface area contributed by atoms with Crippen LogP contribution in [-0.4, -0.2) is 42.9 Å². The highest BCUT2D eigenvalue weighted by Gasteiger charge is 2.25. The Labute approximate surface area is 199 Å². The second-order valence-corrected chi connectivity index (χ2v) is 12.2. The maximum absolute atomic E-state index is 12.6. The summed E-state index contributed by atoms with van der Waals surface area (Å²) in [5.41, 5.74) is 8.79. The number of piperidine rings is 1. The standard InChI is InChI=1S/C24H31N5O2S2/c1-16-8-10-18(11-9-16)33(30,31)26-13-17-5-4-12-29(14-17)15-21-27-23(25)22-19-6-2-3-7-20(19)32-24(22)28-21/h8-11,17,26H,2-7,12-15H2,1H3,(H2,25,27,28). The van der Waals surface area contributed by atoms with Crippen LogP contribution in [0.25, 0.3) is 10.2 Å². The maximum Gasteiger partial charge on any atom is 0.240 e. The third-order valence-electron chi connectivity index (χ3n) is 6.75. The van der Waals surface area contributed by atoms with Gasteiger partial charge in [0.1, 0.15) is 16.5 Å². The predicted octanol–water partition coefficient (Wildman–Crippen LogP) is 3.65. The highest BCUT2D eigenvalue weighted by molar-refractivity contribution is 7.89. The van der Waals surface area contributed by atoms with Gasteiger partial charge in [-0.25, -0.2) is 23.1 Å². The van der Waals surface area contributed by atoms with E-state index in [1.807, 2.05) is 19.1 Å². The molecule has 1 fully saturated rings. The number of aryl methyl sites for hydroxylation is 3. The van der Waals surface area contributed by atoms with Crippen molar-refractivity contribution in [2.45, 2.75) is 56.9 Å². The summed E-state index contributed by atoms with van der Waals surface area (Å²) in [7, 11) is -3.49. The van der Waals surface area contributed by atoms with Crippen LogP contribution < -0.4 is 10.5 Å². The van der Waals surface area contributed by atoms with E-state index in [2.05, 4.69) is 14.6 Å². The number of sulfonamides is 1. The summed E-state index contributed by atoms with van der Waals surface area (Å²) in [6.45, 7) is 4.81. The van der Waals surface area contributed by atoms with Crippen LogP contribution in [-0.2, 0) is 29.4 Å². The van der Waals surface area contributed by atoms with Crippen LogP contribution in [0.1, 0.15) is 47.5 Å². The second-order valence-electron chi connectivity index (χ2n) is 9.32.